The number of phenolic OH excluding ortho intramolecular Hbond substituents is 1. The molecule has 0 amide bonds. The largest absolute Gasteiger partial charge is 0.508 e. The first-order valence-electron chi connectivity index (χ1n) is 9.13. The number of hydrogen-bond acceptors (Lipinski definition) is 3. The highest BCUT2D eigenvalue weighted by Crippen LogP contribution is 2.38. The predicted molar refractivity (Wildman–Crippen MR) is 109 cm³/mol. The third-order valence-corrected chi connectivity index (χ3v) is 5.57. The van der Waals surface area contributed by atoms with Crippen LogP contribution in [0.1, 0.15) is 47.8 Å². The van der Waals surface area contributed by atoms with Gasteiger partial charge in [0.1, 0.15) is 5.75 Å². The first kappa shape index (κ1) is 20.0. The fraction of sp³-hybridized carbons (Fsp3) is 0.273. The van der Waals surface area contributed by atoms with E-state index in [2.05, 4.69) is 0 Å². The number of carbonyl (C=O) groups is 2. The van der Waals surface area contributed by atoms with E-state index >= 15 is 0 Å². The number of aromatic hydroxyl groups is 1. The van der Waals surface area contributed by atoms with Crippen molar-refractivity contribution in [3.8, 4) is 5.75 Å². The van der Waals surface area contributed by atoms with Crippen molar-refractivity contribution in [1.82, 2.24) is 4.57 Å². The molecule has 6 heteroatoms. The fourth-order valence-corrected chi connectivity index (χ4v) is 3.82. The number of carbonyl (C=O) groups excluding carboxylic acids is 1. The zero-order valence-electron chi connectivity index (χ0n) is 15.9. The zero-order chi connectivity index (χ0) is 20.6. The van der Waals surface area contributed by atoms with Gasteiger partial charge in [-0.1, -0.05) is 31.9 Å². The molecule has 1 aromatic heterocycles. The smallest absolute Gasteiger partial charge is 0.311 e. The van der Waals surface area contributed by atoms with Gasteiger partial charge in [0, 0.05) is 21.7 Å². The molecule has 0 saturated heterocycles. The monoisotopic (exact) mass is 399 g/mol. The Bertz CT molecular complexity index is 1050. The maximum atomic E-state index is 13.2. The minimum atomic E-state index is -0.946. The lowest BCUT2D eigenvalue weighted by Gasteiger charge is -2.20. The van der Waals surface area contributed by atoms with Gasteiger partial charge in [-0.2, -0.15) is 0 Å². The number of fused-ring (bicyclic) bond motifs is 1. The summed E-state index contributed by atoms with van der Waals surface area (Å²) in [6, 6.07) is 11.2. The second-order valence-electron chi connectivity index (χ2n) is 7.05. The van der Waals surface area contributed by atoms with E-state index in [1.807, 2.05) is 13.8 Å². The zero-order valence-corrected chi connectivity index (χ0v) is 16.7. The van der Waals surface area contributed by atoms with Crippen molar-refractivity contribution in [2.45, 2.75) is 33.1 Å². The lowest BCUT2D eigenvalue weighted by atomic mass is 9.84. The van der Waals surface area contributed by atoms with Crippen molar-refractivity contribution >= 4 is 34.4 Å². The van der Waals surface area contributed by atoms with Gasteiger partial charge < -0.3 is 10.2 Å². The summed E-state index contributed by atoms with van der Waals surface area (Å²) in [6.45, 7) is 5.56. The SMILES string of the molecule is CC[C@H](C)C(C(=O)O)c1c(C)n(C(=O)c2ccc(Cl)cc2)c2ccc(O)cc12. The van der Waals surface area contributed by atoms with E-state index in [1.54, 1.807) is 37.3 Å². The van der Waals surface area contributed by atoms with Crippen LogP contribution < -0.4 is 0 Å². The van der Waals surface area contributed by atoms with E-state index in [0.717, 1.165) is 0 Å². The average molecular weight is 400 g/mol. The van der Waals surface area contributed by atoms with E-state index in [1.165, 1.54) is 16.7 Å². The van der Waals surface area contributed by atoms with Crippen LogP contribution in [0.4, 0.5) is 0 Å². The van der Waals surface area contributed by atoms with Gasteiger partial charge in [0.2, 0.25) is 0 Å². The molecule has 0 saturated carbocycles. The molecule has 2 aromatic carbocycles. The van der Waals surface area contributed by atoms with Crippen LogP contribution in [-0.4, -0.2) is 26.7 Å². The lowest BCUT2D eigenvalue weighted by molar-refractivity contribution is -0.140. The molecule has 2 atom stereocenters. The summed E-state index contributed by atoms with van der Waals surface area (Å²) < 4.78 is 1.52. The molecule has 0 aliphatic rings. The third-order valence-electron chi connectivity index (χ3n) is 5.32. The average Bonchev–Trinajstić information content (AvgIpc) is 2.93. The molecule has 0 aliphatic carbocycles. The number of phenols is 1. The molecule has 1 heterocycles. The van der Waals surface area contributed by atoms with Gasteiger partial charge in [0.25, 0.3) is 5.91 Å². The Labute approximate surface area is 168 Å². The number of benzene rings is 2. The van der Waals surface area contributed by atoms with E-state index in [4.69, 9.17) is 11.6 Å². The van der Waals surface area contributed by atoms with E-state index in [0.29, 0.717) is 39.2 Å². The summed E-state index contributed by atoms with van der Waals surface area (Å²) >= 11 is 5.93. The molecule has 2 N–H and O–H groups in total. The summed E-state index contributed by atoms with van der Waals surface area (Å²) in [5, 5.41) is 21.0. The molecule has 1 unspecified atom stereocenters. The third kappa shape index (κ3) is 3.38. The summed E-state index contributed by atoms with van der Waals surface area (Å²) in [7, 11) is 0. The number of carboxylic acids is 1. The van der Waals surface area contributed by atoms with E-state index in [9.17, 15) is 19.8 Å². The number of aromatic nitrogens is 1. The highest BCUT2D eigenvalue weighted by Gasteiger charge is 2.32. The van der Waals surface area contributed by atoms with Crippen LogP contribution in [0, 0.1) is 12.8 Å². The summed E-state index contributed by atoms with van der Waals surface area (Å²) in [4.78, 5) is 25.3. The van der Waals surface area contributed by atoms with Crippen LogP contribution in [0.2, 0.25) is 5.02 Å². The molecule has 28 heavy (non-hydrogen) atoms. The van der Waals surface area contributed by atoms with Crippen molar-refractivity contribution in [3.05, 3.63) is 64.3 Å². The first-order valence-corrected chi connectivity index (χ1v) is 9.51. The number of halogens is 1. The molecule has 3 aromatic rings. The second kappa shape index (κ2) is 7.68. The first-order chi connectivity index (χ1) is 13.3. The fourth-order valence-electron chi connectivity index (χ4n) is 3.69. The van der Waals surface area contributed by atoms with Crippen molar-refractivity contribution in [2.24, 2.45) is 5.92 Å². The van der Waals surface area contributed by atoms with Crippen molar-refractivity contribution in [2.75, 3.05) is 0 Å². The van der Waals surface area contributed by atoms with Gasteiger partial charge in [0.15, 0.2) is 0 Å². The number of aliphatic carboxylic acids is 1. The highest BCUT2D eigenvalue weighted by atomic mass is 35.5. The molecule has 0 radical (unpaired) electrons. The topological polar surface area (TPSA) is 79.5 Å². The molecule has 0 fully saturated rings. The highest BCUT2D eigenvalue weighted by molar-refractivity contribution is 6.30. The Morgan fingerprint density at radius 3 is 2.36 bits per heavy atom. The molecule has 5 nitrogen and oxygen atoms in total. The van der Waals surface area contributed by atoms with Gasteiger partial charge >= 0.3 is 5.97 Å². The van der Waals surface area contributed by atoms with E-state index in [-0.39, 0.29) is 17.6 Å². The Morgan fingerprint density at radius 1 is 1.14 bits per heavy atom. The van der Waals surface area contributed by atoms with Crippen molar-refractivity contribution in [1.29, 1.82) is 0 Å². The molecule has 146 valence electrons. The molecule has 0 spiro atoms. The number of nitrogens with zero attached hydrogens (tertiary/aromatic N) is 1. The number of carboxylic acid groups (broad SMARTS) is 1. The van der Waals surface area contributed by atoms with Crippen molar-refractivity contribution < 1.29 is 19.8 Å². The van der Waals surface area contributed by atoms with Gasteiger partial charge in [-0.05, 0) is 60.9 Å². The van der Waals surface area contributed by atoms with E-state index < -0.39 is 11.9 Å². The number of hydrogen-bond donors (Lipinski definition) is 2. The van der Waals surface area contributed by atoms with Gasteiger partial charge in [-0.15, -0.1) is 0 Å². The summed E-state index contributed by atoms with van der Waals surface area (Å²) in [5.41, 5.74) is 2.14. The van der Waals surface area contributed by atoms with Crippen LogP contribution in [0.25, 0.3) is 10.9 Å². The molecule has 0 aliphatic heterocycles. The quantitative estimate of drug-likeness (QED) is 0.617. The lowest BCUT2D eigenvalue weighted by Crippen LogP contribution is -2.21. The minimum absolute atomic E-state index is 0.0260. The summed E-state index contributed by atoms with van der Waals surface area (Å²) in [6.07, 6.45) is 0.674. The van der Waals surface area contributed by atoms with Gasteiger partial charge in [-0.3, -0.25) is 14.2 Å². The Hall–Kier alpha value is -2.79. The van der Waals surface area contributed by atoms with Crippen molar-refractivity contribution in [3.63, 3.8) is 0 Å². The van der Waals surface area contributed by atoms with Gasteiger partial charge in [0.05, 0.1) is 11.4 Å². The van der Waals surface area contributed by atoms with Crippen LogP contribution in [0.5, 0.6) is 5.75 Å². The maximum absolute atomic E-state index is 13.2. The Balaban J connectivity index is 2.30. The molecule has 3 rings (SSSR count). The second-order valence-corrected chi connectivity index (χ2v) is 7.49. The Morgan fingerprint density at radius 2 is 1.79 bits per heavy atom. The standard InChI is InChI=1S/C22H22ClNO4/c1-4-12(2)19(22(27)28)20-13(3)24(18-10-9-16(25)11-17(18)20)21(26)14-5-7-15(23)8-6-14/h5-12,19,25H,4H2,1-3H3,(H,27,28)/t12-,19?/m0/s1. The molecule has 0 bridgehead atoms. The predicted octanol–water partition coefficient (Wildman–Crippen LogP) is 5.21. The normalized spacial score (nSPS) is 13.4. The van der Waals surface area contributed by atoms with Crippen LogP contribution in [0.3, 0.4) is 0 Å². The summed E-state index contributed by atoms with van der Waals surface area (Å²) in [5.74, 6) is -2.11. The van der Waals surface area contributed by atoms with Crippen LogP contribution in [0.15, 0.2) is 42.5 Å². The van der Waals surface area contributed by atoms with Gasteiger partial charge in [-0.25, -0.2) is 0 Å². The molecular weight excluding hydrogens is 378 g/mol. The Kier molecular flexibility index (Phi) is 5.47. The molecular formula is C22H22ClNO4. The number of rotatable bonds is 5. The van der Waals surface area contributed by atoms with Crippen LogP contribution >= 0.6 is 11.6 Å². The maximum Gasteiger partial charge on any atom is 0.311 e. The minimum Gasteiger partial charge on any atom is -0.508 e. The van der Waals surface area contributed by atoms with Crippen LogP contribution in [-0.2, 0) is 4.79 Å².